The molecule has 1 aromatic carbocycles. The lowest BCUT2D eigenvalue weighted by atomic mass is 10.3. The van der Waals surface area contributed by atoms with Crippen LogP contribution in [0, 0.1) is 17.5 Å². The molecule has 0 aliphatic carbocycles. The smallest absolute Gasteiger partial charge is 0.311 e. The summed E-state index contributed by atoms with van der Waals surface area (Å²) in [5, 5.41) is 0. The van der Waals surface area contributed by atoms with Gasteiger partial charge in [0.25, 0.3) is 0 Å². The van der Waals surface area contributed by atoms with Crippen LogP contribution >= 0.6 is 0 Å². The highest BCUT2D eigenvalue weighted by molar-refractivity contribution is 5.72. The van der Waals surface area contributed by atoms with Crippen LogP contribution in [-0.4, -0.2) is 5.97 Å². The lowest BCUT2D eigenvalue weighted by Gasteiger charge is -2.04. The minimum Gasteiger partial charge on any atom is -0.420 e. The molecule has 0 unspecified atom stereocenters. The Kier molecular flexibility index (Phi) is 3.11. The standard InChI is InChI=1S/C9H7F3O2/c1-2-8(13)14-9-6(11)3-5(10)4-7(9)12/h3-4H,2H2,1H3. The van der Waals surface area contributed by atoms with Gasteiger partial charge < -0.3 is 4.74 Å². The Hall–Kier alpha value is -1.52. The van der Waals surface area contributed by atoms with E-state index in [1.165, 1.54) is 6.92 Å². The average Bonchev–Trinajstić information content (AvgIpc) is 2.10. The highest BCUT2D eigenvalue weighted by atomic mass is 19.1. The van der Waals surface area contributed by atoms with Crippen LogP contribution in [0.15, 0.2) is 12.1 Å². The maximum Gasteiger partial charge on any atom is 0.311 e. The third-order valence-electron chi connectivity index (χ3n) is 1.47. The molecule has 1 rings (SSSR count). The van der Waals surface area contributed by atoms with Crippen LogP contribution in [0.25, 0.3) is 0 Å². The van der Waals surface area contributed by atoms with Crippen molar-refractivity contribution in [3.8, 4) is 5.75 Å². The molecule has 0 aromatic heterocycles. The normalized spacial score (nSPS) is 10.0. The fourth-order valence-electron chi connectivity index (χ4n) is 0.812. The molecule has 0 saturated heterocycles. The molecule has 76 valence electrons. The number of carbonyl (C=O) groups is 1. The van der Waals surface area contributed by atoms with Gasteiger partial charge in [0, 0.05) is 18.6 Å². The summed E-state index contributed by atoms with van der Waals surface area (Å²) in [5.41, 5.74) is 0. The van der Waals surface area contributed by atoms with Gasteiger partial charge in [-0.05, 0) is 0 Å². The second kappa shape index (κ2) is 4.13. The van der Waals surface area contributed by atoms with E-state index in [0.717, 1.165) is 0 Å². The summed E-state index contributed by atoms with van der Waals surface area (Å²) >= 11 is 0. The van der Waals surface area contributed by atoms with Crippen molar-refractivity contribution in [2.75, 3.05) is 0 Å². The number of esters is 1. The number of halogens is 3. The predicted octanol–water partition coefficient (Wildman–Crippen LogP) is 2.42. The molecule has 0 radical (unpaired) electrons. The molecule has 2 nitrogen and oxygen atoms in total. The first kappa shape index (κ1) is 10.6. The predicted molar refractivity (Wildman–Crippen MR) is 42.2 cm³/mol. The maximum absolute atomic E-state index is 12.9. The molecule has 0 saturated carbocycles. The van der Waals surface area contributed by atoms with Crippen LogP contribution in [0.3, 0.4) is 0 Å². The Balaban J connectivity index is 3.02. The highest BCUT2D eigenvalue weighted by Crippen LogP contribution is 2.22. The van der Waals surface area contributed by atoms with Crippen molar-refractivity contribution < 1.29 is 22.7 Å². The van der Waals surface area contributed by atoms with Gasteiger partial charge in [0.2, 0.25) is 5.75 Å². The van der Waals surface area contributed by atoms with Gasteiger partial charge >= 0.3 is 5.97 Å². The van der Waals surface area contributed by atoms with Gasteiger partial charge in [-0.3, -0.25) is 4.79 Å². The molecule has 0 spiro atoms. The quantitative estimate of drug-likeness (QED) is 0.546. The number of ether oxygens (including phenoxy) is 1. The Bertz CT molecular complexity index is 340. The number of hydrogen-bond acceptors (Lipinski definition) is 2. The summed E-state index contributed by atoms with van der Waals surface area (Å²) in [6.45, 7) is 1.47. The van der Waals surface area contributed by atoms with E-state index in [2.05, 4.69) is 4.74 Å². The molecule has 0 fully saturated rings. The zero-order chi connectivity index (χ0) is 10.7. The minimum absolute atomic E-state index is 0.0176. The third kappa shape index (κ3) is 2.25. The molecule has 0 aliphatic heterocycles. The van der Waals surface area contributed by atoms with E-state index in [1.54, 1.807) is 0 Å². The molecule has 0 aliphatic rings. The molecule has 0 heterocycles. The van der Waals surface area contributed by atoms with Gasteiger partial charge in [-0.25, -0.2) is 13.2 Å². The van der Waals surface area contributed by atoms with Gasteiger partial charge in [0.15, 0.2) is 11.6 Å². The van der Waals surface area contributed by atoms with Crippen LogP contribution < -0.4 is 4.74 Å². The summed E-state index contributed by atoms with van der Waals surface area (Å²) in [5.74, 6) is -5.17. The molecular formula is C9H7F3O2. The Morgan fingerprint density at radius 3 is 2.21 bits per heavy atom. The lowest BCUT2D eigenvalue weighted by Crippen LogP contribution is -2.08. The van der Waals surface area contributed by atoms with Crippen molar-refractivity contribution in [1.29, 1.82) is 0 Å². The van der Waals surface area contributed by atoms with Crippen LogP contribution in [0.2, 0.25) is 0 Å². The maximum atomic E-state index is 12.9. The first-order valence-corrected chi connectivity index (χ1v) is 3.89. The molecule has 5 heteroatoms. The molecule has 0 N–H and O–H groups in total. The van der Waals surface area contributed by atoms with E-state index in [0.29, 0.717) is 12.1 Å². The van der Waals surface area contributed by atoms with Crippen molar-refractivity contribution >= 4 is 5.97 Å². The SMILES string of the molecule is CCC(=O)Oc1c(F)cc(F)cc1F. The van der Waals surface area contributed by atoms with Crippen molar-refractivity contribution in [3.63, 3.8) is 0 Å². The van der Waals surface area contributed by atoms with Crippen molar-refractivity contribution in [1.82, 2.24) is 0 Å². The first-order chi connectivity index (χ1) is 6.54. The van der Waals surface area contributed by atoms with E-state index >= 15 is 0 Å². The molecule has 0 amide bonds. The molecule has 14 heavy (non-hydrogen) atoms. The van der Waals surface area contributed by atoms with Crippen LogP contribution in [0.5, 0.6) is 5.75 Å². The fourth-order valence-corrected chi connectivity index (χ4v) is 0.812. The Labute approximate surface area is 78.3 Å². The van der Waals surface area contributed by atoms with Crippen molar-refractivity contribution in [2.45, 2.75) is 13.3 Å². The number of carbonyl (C=O) groups excluding carboxylic acids is 1. The van der Waals surface area contributed by atoms with E-state index in [4.69, 9.17) is 0 Å². The van der Waals surface area contributed by atoms with Gasteiger partial charge in [0.1, 0.15) is 5.82 Å². The summed E-state index contributed by atoms with van der Waals surface area (Å²) < 4.78 is 42.4. The van der Waals surface area contributed by atoms with E-state index < -0.39 is 29.2 Å². The Morgan fingerprint density at radius 2 is 1.79 bits per heavy atom. The molecule has 1 aromatic rings. The van der Waals surface area contributed by atoms with Crippen LogP contribution in [0.1, 0.15) is 13.3 Å². The van der Waals surface area contributed by atoms with E-state index in [1.807, 2.05) is 0 Å². The molecule has 0 bridgehead atoms. The van der Waals surface area contributed by atoms with E-state index in [-0.39, 0.29) is 6.42 Å². The zero-order valence-corrected chi connectivity index (χ0v) is 7.31. The number of hydrogen-bond donors (Lipinski definition) is 0. The van der Waals surface area contributed by atoms with Crippen LogP contribution in [0.4, 0.5) is 13.2 Å². The highest BCUT2D eigenvalue weighted by Gasteiger charge is 2.15. The topological polar surface area (TPSA) is 26.3 Å². The third-order valence-corrected chi connectivity index (χ3v) is 1.47. The average molecular weight is 204 g/mol. The second-order valence-corrected chi connectivity index (χ2v) is 2.53. The van der Waals surface area contributed by atoms with Gasteiger partial charge in [0.05, 0.1) is 0 Å². The summed E-state index contributed by atoms with van der Waals surface area (Å²) in [6, 6.07) is 0.892. The molecular weight excluding hydrogens is 197 g/mol. The zero-order valence-electron chi connectivity index (χ0n) is 7.31. The van der Waals surface area contributed by atoms with Gasteiger partial charge in [-0.15, -0.1) is 0 Å². The number of benzene rings is 1. The summed E-state index contributed by atoms with van der Waals surface area (Å²) in [4.78, 5) is 10.7. The minimum atomic E-state index is -1.23. The van der Waals surface area contributed by atoms with Crippen molar-refractivity contribution in [3.05, 3.63) is 29.6 Å². The van der Waals surface area contributed by atoms with E-state index in [9.17, 15) is 18.0 Å². The van der Waals surface area contributed by atoms with Gasteiger partial charge in [-0.2, -0.15) is 0 Å². The fraction of sp³-hybridized carbons (Fsp3) is 0.222. The summed E-state index contributed by atoms with van der Waals surface area (Å²) in [6.07, 6.45) is -0.0176. The van der Waals surface area contributed by atoms with Gasteiger partial charge in [-0.1, -0.05) is 6.92 Å². The summed E-state index contributed by atoms with van der Waals surface area (Å²) in [7, 11) is 0. The Morgan fingerprint density at radius 1 is 1.29 bits per heavy atom. The first-order valence-electron chi connectivity index (χ1n) is 3.89. The lowest BCUT2D eigenvalue weighted by molar-refractivity contribution is -0.134. The van der Waals surface area contributed by atoms with Crippen molar-refractivity contribution in [2.24, 2.45) is 0 Å². The number of rotatable bonds is 2. The van der Waals surface area contributed by atoms with Crippen LogP contribution in [-0.2, 0) is 4.79 Å². The second-order valence-electron chi connectivity index (χ2n) is 2.53. The molecule has 0 atom stereocenters. The monoisotopic (exact) mass is 204 g/mol. The largest absolute Gasteiger partial charge is 0.420 e.